The lowest BCUT2D eigenvalue weighted by Gasteiger charge is -2.30. The number of amides is 2. The summed E-state index contributed by atoms with van der Waals surface area (Å²) in [6.07, 6.45) is 1.11. The molecule has 1 aliphatic heterocycles. The number of rotatable bonds is 4. The first-order valence-electron chi connectivity index (χ1n) is 7.70. The van der Waals surface area contributed by atoms with Gasteiger partial charge in [0.2, 0.25) is 5.91 Å². The van der Waals surface area contributed by atoms with Crippen LogP contribution in [0.25, 0.3) is 0 Å². The summed E-state index contributed by atoms with van der Waals surface area (Å²) in [4.78, 5) is 40.5. The lowest BCUT2D eigenvalue weighted by atomic mass is 10.1. The molecule has 1 atom stereocenters. The third-order valence-corrected chi connectivity index (χ3v) is 4.64. The Bertz CT molecular complexity index is 1030. The second kappa shape index (κ2) is 8.01. The fraction of sp³-hybridized carbons (Fsp3) is 0.0588. The first-order valence-corrected chi connectivity index (χ1v) is 8.87. The average Bonchev–Trinajstić information content (AvgIpc) is 2.63. The van der Waals surface area contributed by atoms with Gasteiger partial charge >= 0.3 is 0 Å². The fourth-order valence-electron chi connectivity index (χ4n) is 2.44. The van der Waals surface area contributed by atoms with Crippen LogP contribution in [-0.2, 0) is 9.59 Å². The van der Waals surface area contributed by atoms with E-state index in [9.17, 15) is 19.7 Å². The number of anilines is 1. The van der Waals surface area contributed by atoms with Crippen LogP contribution in [0.1, 0.15) is 0 Å². The summed E-state index contributed by atoms with van der Waals surface area (Å²) in [6, 6.07) is 10.2. The first-order chi connectivity index (χ1) is 13.3. The molecule has 0 bridgehead atoms. The maximum absolute atomic E-state index is 12.8. The molecule has 142 valence electrons. The van der Waals surface area contributed by atoms with Gasteiger partial charge < -0.3 is 5.32 Å². The molecule has 0 spiro atoms. The number of carbonyl (C=O) groups excluding carboxylic acids is 2. The standard InChI is InChI=1S/C17H10Cl2N4O4S/c18-9-1-4-11(5-2-9)22-16(25)12(15(24)21-17(22)28)8-20-10-3-6-13(19)14(7-10)23(26)27/h1-8,12H,(H,21,24,28)/t12-/m1/s1. The molecule has 1 heterocycles. The molecule has 2 aromatic carbocycles. The molecule has 1 fully saturated rings. The predicted molar refractivity (Wildman–Crippen MR) is 109 cm³/mol. The van der Waals surface area contributed by atoms with Gasteiger partial charge in [0.15, 0.2) is 11.0 Å². The van der Waals surface area contributed by atoms with E-state index in [2.05, 4.69) is 10.3 Å². The van der Waals surface area contributed by atoms with Crippen molar-refractivity contribution in [1.82, 2.24) is 5.32 Å². The quantitative estimate of drug-likeness (QED) is 0.258. The lowest BCUT2D eigenvalue weighted by molar-refractivity contribution is -0.384. The van der Waals surface area contributed by atoms with Gasteiger partial charge in [-0.15, -0.1) is 0 Å². The summed E-state index contributed by atoms with van der Waals surface area (Å²) in [5, 5.41) is 13.8. The molecule has 1 aliphatic rings. The van der Waals surface area contributed by atoms with Crippen LogP contribution in [0.5, 0.6) is 0 Å². The van der Waals surface area contributed by atoms with Crippen molar-refractivity contribution in [2.75, 3.05) is 4.90 Å². The van der Waals surface area contributed by atoms with Crippen LogP contribution in [-0.4, -0.2) is 28.1 Å². The van der Waals surface area contributed by atoms with Gasteiger partial charge in [0.05, 0.1) is 16.3 Å². The smallest absolute Gasteiger partial charge is 0.290 e. The van der Waals surface area contributed by atoms with Crippen molar-refractivity contribution in [1.29, 1.82) is 0 Å². The van der Waals surface area contributed by atoms with Crippen LogP contribution in [0.4, 0.5) is 17.1 Å². The highest BCUT2D eigenvalue weighted by Crippen LogP contribution is 2.29. The van der Waals surface area contributed by atoms with E-state index in [1.54, 1.807) is 24.3 Å². The highest BCUT2D eigenvalue weighted by Gasteiger charge is 2.38. The average molecular weight is 437 g/mol. The second-order valence-corrected chi connectivity index (χ2v) is 6.82. The van der Waals surface area contributed by atoms with E-state index in [4.69, 9.17) is 35.4 Å². The minimum atomic E-state index is -1.27. The van der Waals surface area contributed by atoms with E-state index in [-0.39, 0.29) is 21.5 Å². The summed E-state index contributed by atoms with van der Waals surface area (Å²) in [6.45, 7) is 0. The lowest BCUT2D eigenvalue weighted by Crippen LogP contribution is -2.58. The zero-order valence-electron chi connectivity index (χ0n) is 13.8. The molecule has 2 aromatic rings. The van der Waals surface area contributed by atoms with Gasteiger partial charge in [0, 0.05) is 17.3 Å². The van der Waals surface area contributed by atoms with Gasteiger partial charge in [-0.2, -0.15) is 0 Å². The van der Waals surface area contributed by atoms with E-state index in [0.717, 1.165) is 17.2 Å². The van der Waals surface area contributed by atoms with E-state index >= 15 is 0 Å². The Morgan fingerprint density at radius 3 is 2.50 bits per heavy atom. The number of aliphatic imine (C=N–C) groups is 1. The molecule has 0 unspecified atom stereocenters. The molecule has 0 aliphatic carbocycles. The number of hydrogen-bond donors (Lipinski definition) is 1. The molecule has 3 rings (SSSR count). The van der Waals surface area contributed by atoms with Crippen molar-refractivity contribution in [2.45, 2.75) is 0 Å². The number of nitrogens with zero attached hydrogens (tertiary/aromatic N) is 3. The predicted octanol–water partition coefficient (Wildman–Crippen LogP) is 3.67. The summed E-state index contributed by atoms with van der Waals surface area (Å²) in [5.74, 6) is -2.52. The Morgan fingerprint density at radius 1 is 1.18 bits per heavy atom. The van der Waals surface area contributed by atoms with Gasteiger partial charge in [-0.25, -0.2) is 0 Å². The number of nitro benzene ring substituents is 1. The largest absolute Gasteiger partial charge is 0.301 e. The van der Waals surface area contributed by atoms with Crippen molar-refractivity contribution in [3.05, 3.63) is 62.6 Å². The maximum atomic E-state index is 12.8. The summed E-state index contributed by atoms with van der Waals surface area (Å²) < 4.78 is 0. The van der Waals surface area contributed by atoms with Crippen LogP contribution in [0.2, 0.25) is 10.0 Å². The molecule has 11 heteroatoms. The van der Waals surface area contributed by atoms with Gasteiger partial charge in [0.25, 0.3) is 11.6 Å². The van der Waals surface area contributed by atoms with Crippen LogP contribution < -0.4 is 10.2 Å². The molecule has 0 aromatic heterocycles. The van der Waals surface area contributed by atoms with Crippen LogP contribution >= 0.6 is 35.4 Å². The van der Waals surface area contributed by atoms with Gasteiger partial charge in [-0.3, -0.25) is 29.6 Å². The number of hydrogen-bond acceptors (Lipinski definition) is 6. The van der Waals surface area contributed by atoms with E-state index in [0.29, 0.717) is 10.7 Å². The Morgan fingerprint density at radius 2 is 1.86 bits per heavy atom. The number of carbonyl (C=O) groups is 2. The zero-order valence-corrected chi connectivity index (χ0v) is 16.2. The van der Waals surface area contributed by atoms with Gasteiger partial charge in [0.1, 0.15) is 5.02 Å². The molecule has 0 radical (unpaired) electrons. The number of benzene rings is 2. The topological polar surface area (TPSA) is 105 Å². The van der Waals surface area contributed by atoms with Crippen molar-refractivity contribution < 1.29 is 14.5 Å². The molecule has 8 nitrogen and oxygen atoms in total. The van der Waals surface area contributed by atoms with Crippen LogP contribution in [0.15, 0.2) is 47.5 Å². The molecule has 28 heavy (non-hydrogen) atoms. The number of halogens is 2. The molecule has 1 N–H and O–H groups in total. The minimum Gasteiger partial charge on any atom is -0.301 e. The van der Waals surface area contributed by atoms with Crippen molar-refractivity contribution in [2.24, 2.45) is 10.9 Å². The zero-order chi connectivity index (χ0) is 20.4. The monoisotopic (exact) mass is 436 g/mol. The fourth-order valence-corrected chi connectivity index (χ4v) is 3.05. The minimum absolute atomic E-state index is 0.0466. The molecular formula is C17H10Cl2N4O4S. The normalized spacial score (nSPS) is 17.1. The second-order valence-electron chi connectivity index (χ2n) is 5.59. The maximum Gasteiger partial charge on any atom is 0.290 e. The number of nitrogens with one attached hydrogen (secondary N) is 1. The van der Waals surface area contributed by atoms with Crippen molar-refractivity contribution in [3.8, 4) is 0 Å². The highest BCUT2D eigenvalue weighted by atomic mass is 35.5. The van der Waals surface area contributed by atoms with Crippen molar-refractivity contribution in [3.63, 3.8) is 0 Å². The van der Waals surface area contributed by atoms with Gasteiger partial charge in [-0.05, 0) is 48.6 Å². The van der Waals surface area contributed by atoms with Crippen LogP contribution in [0, 0.1) is 16.0 Å². The molecular weight excluding hydrogens is 427 g/mol. The van der Waals surface area contributed by atoms with Crippen molar-refractivity contribution >= 4 is 75.6 Å². The van der Waals surface area contributed by atoms with E-state index in [1.807, 2.05) is 0 Å². The summed E-state index contributed by atoms with van der Waals surface area (Å²) in [5.41, 5.74) is 0.266. The van der Waals surface area contributed by atoms with E-state index in [1.165, 1.54) is 12.1 Å². The summed E-state index contributed by atoms with van der Waals surface area (Å²) >= 11 is 16.7. The number of nitro groups is 1. The highest BCUT2D eigenvalue weighted by molar-refractivity contribution is 7.80. The number of thiocarbonyl (C=S) groups is 1. The Balaban J connectivity index is 1.89. The Kier molecular flexibility index (Phi) is 5.68. The van der Waals surface area contributed by atoms with E-state index < -0.39 is 22.7 Å². The third kappa shape index (κ3) is 4.01. The first kappa shape index (κ1) is 19.9. The molecule has 0 saturated carbocycles. The molecule has 2 amide bonds. The SMILES string of the molecule is O=C1NC(=S)N(c2ccc(Cl)cc2)C(=O)[C@@H]1C=Nc1ccc(Cl)c([N+](=O)[O-])c1. The Hall–Kier alpha value is -2.88. The van der Waals surface area contributed by atoms with Crippen LogP contribution in [0.3, 0.4) is 0 Å². The Labute approximate surface area is 173 Å². The molecule has 1 saturated heterocycles. The van der Waals surface area contributed by atoms with Gasteiger partial charge in [-0.1, -0.05) is 23.2 Å². The third-order valence-electron chi connectivity index (χ3n) is 3.79. The summed E-state index contributed by atoms with van der Waals surface area (Å²) in [7, 11) is 0.